The number of ether oxygens (including phenoxy) is 1. The molecule has 3 nitrogen and oxygen atoms in total. The minimum Gasteiger partial charge on any atom is -0.452 e. The monoisotopic (exact) mass is 700 g/mol. The van der Waals surface area contributed by atoms with Gasteiger partial charge in [0.05, 0.1) is 22.4 Å². The maximum Gasteiger partial charge on any atom is 0.159 e. The Kier molecular flexibility index (Phi) is 6.34. The number of benzene rings is 10. The van der Waals surface area contributed by atoms with E-state index < -0.39 is 0 Å². The van der Waals surface area contributed by atoms with E-state index in [0.29, 0.717) is 0 Å². The number of fused-ring (bicyclic) bond motifs is 13. The molecular formula is C52H32N2O. The first-order chi connectivity index (χ1) is 27.3. The van der Waals surface area contributed by atoms with Gasteiger partial charge in [0.2, 0.25) is 0 Å². The highest BCUT2D eigenvalue weighted by molar-refractivity contribution is 6.25. The summed E-state index contributed by atoms with van der Waals surface area (Å²) in [5, 5.41) is 12.4. The molecule has 0 saturated heterocycles. The van der Waals surface area contributed by atoms with E-state index in [4.69, 9.17) is 4.74 Å². The largest absolute Gasteiger partial charge is 0.452 e. The van der Waals surface area contributed by atoms with Crippen molar-refractivity contribution in [2.24, 2.45) is 0 Å². The molecule has 0 atom stereocenters. The predicted molar refractivity (Wildman–Crippen MR) is 231 cm³/mol. The second kappa shape index (κ2) is 11.6. The average molecular weight is 701 g/mol. The van der Waals surface area contributed by atoms with Crippen LogP contribution < -0.4 is 9.64 Å². The van der Waals surface area contributed by atoms with Gasteiger partial charge in [-0.3, -0.25) is 0 Å². The van der Waals surface area contributed by atoms with Gasteiger partial charge >= 0.3 is 0 Å². The Hall–Kier alpha value is -7.36. The van der Waals surface area contributed by atoms with Gasteiger partial charge < -0.3 is 14.2 Å². The Labute approximate surface area is 317 Å². The summed E-state index contributed by atoms with van der Waals surface area (Å²) < 4.78 is 9.30. The van der Waals surface area contributed by atoms with Crippen molar-refractivity contribution < 1.29 is 4.74 Å². The lowest BCUT2D eigenvalue weighted by atomic mass is 9.94. The maximum atomic E-state index is 6.87. The average Bonchev–Trinajstić information content (AvgIpc) is 3.59. The molecule has 11 aromatic rings. The van der Waals surface area contributed by atoms with Crippen LogP contribution in [0.3, 0.4) is 0 Å². The summed E-state index contributed by atoms with van der Waals surface area (Å²) in [4.78, 5) is 2.32. The fraction of sp³-hybridized carbons (Fsp3) is 0. The summed E-state index contributed by atoms with van der Waals surface area (Å²) in [6.45, 7) is 0. The van der Waals surface area contributed by atoms with E-state index in [9.17, 15) is 0 Å². The molecule has 0 aliphatic carbocycles. The van der Waals surface area contributed by atoms with Crippen molar-refractivity contribution in [3.63, 3.8) is 0 Å². The minimum atomic E-state index is 0.837. The lowest BCUT2D eigenvalue weighted by molar-refractivity contribution is 0.483. The molecule has 12 rings (SSSR count). The molecule has 10 aromatic carbocycles. The first kappa shape index (κ1) is 30.1. The summed E-state index contributed by atoms with van der Waals surface area (Å²) in [6.07, 6.45) is 0. The fourth-order valence-corrected chi connectivity index (χ4v) is 9.04. The van der Waals surface area contributed by atoms with E-state index in [2.05, 4.69) is 204 Å². The van der Waals surface area contributed by atoms with Crippen LogP contribution in [-0.2, 0) is 0 Å². The van der Waals surface area contributed by atoms with Crippen LogP contribution in [0.2, 0.25) is 0 Å². The first-order valence-corrected chi connectivity index (χ1v) is 18.8. The molecular weight excluding hydrogens is 669 g/mol. The molecule has 256 valence electrons. The molecule has 0 amide bonds. The van der Waals surface area contributed by atoms with Crippen molar-refractivity contribution in [1.82, 2.24) is 4.57 Å². The van der Waals surface area contributed by atoms with E-state index >= 15 is 0 Å². The molecule has 0 spiro atoms. The summed E-state index contributed by atoms with van der Waals surface area (Å²) in [6, 6.07) is 70.2. The van der Waals surface area contributed by atoms with Crippen molar-refractivity contribution in [1.29, 1.82) is 0 Å². The SMILES string of the molecule is c1ccc(N2c3ccc(-c4ccc5c(c4)c4ccccc4n5-c4ccc5c6ccccc6c6ccccc6c5c4)cc3Oc3c2ccc2ccccc32)cc1. The van der Waals surface area contributed by atoms with Gasteiger partial charge in [-0.2, -0.15) is 0 Å². The van der Waals surface area contributed by atoms with Gasteiger partial charge in [-0.1, -0.05) is 133 Å². The normalized spacial score (nSPS) is 12.5. The van der Waals surface area contributed by atoms with Gasteiger partial charge in [-0.25, -0.2) is 0 Å². The lowest BCUT2D eigenvalue weighted by Crippen LogP contribution is -2.16. The maximum absolute atomic E-state index is 6.87. The molecule has 0 unspecified atom stereocenters. The van der Waals surface area contributed by atoms with Crippen LogP contribution in [0.4, 0.5) is 17.1 Å². The smallest absolute Gasteiger partial charge is 0.159 e. The van der Waals surface area contributed by atoms with Crippen LogP contribution in [0, 0.1) is 0 Å². The Morgan fingerprint density at radius 1 is 0.327 bits per heavy atom. The van der Waals surface area contributed by atoms with Crippen LogP contribution in [0.15, 0.2) is 194 Å². The van der Waals surface area contributed by atoms with Gasteiger partial charge in [0.1, 0.15) is 0 Å². The third-order valence-corrected chi connectivity index (χ3v) is 11.5. The van der Waals surface area contributed by atoms with Gasteiger partial charge in [-0.15, -0.1) is 0 Å². The van der Waals surface area contributed by atoms with Crippen molar-refractivity contribution >= 4 is 82.0 Å². The second-order valence-electron chi connectivity index (χ2n) is 14.5. The highest BCUT2D eigenvalue weighted by Gasteiger charge is 2.28. The van der Waals surface area contributed by atoms with Gasteiger partial charge in [-0.05, 0) is 109 Å². The number of aromatic nitrogens is 1. The lowest BCUT2D eigenvalue weighted by Gasteiger charge is -2.33. The second-order valence-corrected chi connectivity index (χ2v) is 14.5. The van der Waals surface area contributed by atoms with Crippen molar-refractivity contribution in [3.05, 3.63) is 194 Å². The van der Waals surface area contributed by atoms with Gasteiger partial charge in [0, 0.05) is 27.5 Å². The van der Waals surface area contributed by atoms with Crippen LogP contribution in [0.1, 0.15) is 0 Å². The third-order valence-electron chi connectivity index (χ3n) is 11.5. The summed E-state index contributed by atoms with van der Waals surface area (Å²) in [7, 11) is 0. The molecule has 55 heavy (non-hydrogen) atoms. The quantitative estimate of drug-likeness (QED) is 0.171. The van der Waals surface area contributed by atoms with Crippen molar-refractivity contribution in [3.8, 4) is 28.3 Å². The molecule has 2 heterocycles. The summed E-state index contributed by atoms with van der Waals surface area (Å²) in [5.41, 5.74) is 8.93. The van der Waals surface area contributed by atoms with Crippen LogP contribution >= 0.6 is 0 Å². The molecule has 0 radical (unpaired) electrons. The standard InChI is InChI=1S/C52H32N2O/c1-2-13-36(14-3-1)53-49-28-24-35(31-51(49)55-52-38-15-5-4-12-33(38)22-29-50(52)53)34-23-27-48-46(30-34)44-20-10-11-21-47(44)54(48)37-25-26-43-41-18-7-6-16-39(41)40-17-8-9-19-42(40)45(43)32-37/h1-32H. The minimum absolute atomic E-state index is 0.837. The Morgan fingerprint density at radius 2 is 0.909 bits per heavy atom. The number of anilines is 3. The molecule has 0 saturated carbocycles. The van der Waals surface area contributed by atoms with Crippen LogP contribution in [0.25, 0.3) is 81.7 Å². The zero-order valence-electron chi connectivity index (χ0n) is 29.8. The fourth-order valence-electron chi connectivity index (χ4n) is 9.04. The van der Waals surface area contributed by atoms with Crippen LogP contribution in [0.5, 0.6) is 11.5 Å². The third kappa shape index (κ3) is 4.44. The zero-order chi connectivity index (χ0) is 36.0. The number of hydrogen-bond acceptors (Lipinski definition) is 2. The summed E-state index contributed by atoms with van der Waals surface area (Å²) in [5.74, 6) is 1.71. The molecule has 1 aromatic heterocycles. The predicted octanol–water partition coefficient (Wildman–Crippen LogP) is 14.6. The molecule has 0 N–H and O–H groups in total. The van der Waals surface area contributed by atoms with E-state index in [1.54, 1.807) is 0 Å². The van der Waals surface area contributed by atoms with E-state index in [1.165, 1.54) is 54.1 Å². The highest BCUT2D eigenvalue weighted by atomic mass is 16.5. The molecule has 1 aliphatic heterocycles. The number of hydrogen-bond donors (Lipinski definition) is 0. The molecule has 0 bridgehead atoms. The molecule has 0 fully saturated rings. The van der Waals surface area contributed by atoms with E-state index in [-0.39, 0.29) is 0 Å². The number of nitrogens with zero attached hydrogens (tertiary/aromatic N) is 2. The van der Waals surface area contributed by atoms with Gasteiger partial charge in [0.15, 0.2) is 11.5 Å². The topological polar surface area (TPSA) is 17.4 Å². The Morgan fingerprint density at radius 3 is 1.69 bits per heavy atom. The van der Waals surface area contributed by atoms with Gasteiger partial charge in [0.25, 0.3) is 0 Å². The van der Waals surface area contributed by atoms with E-state index in [0.717, 1.165) is 56.1 Å². The summed E-state index contributed by atoms with van der Waals surface area (Å²) >= 11 is 0. The highest BCUT2D eigenvalue weighted by Crippen LogP contribution is 2.53. The van der Waals surface area contributed by atoms with Crippen molar-refractivity contribution in [2.75, 3.05) is 4.90 Å². The van der Waals surface area contributed by atoms with Crippen molar-refractivity contribution in [2.45, 2.75) is 0 Å². The molecule has 3 heteroatoms. The Balaban J connectivity index is 1.03. The zero-order valence-corrected chi connectivity index (χ0v) is 29.8. The van der Waals surface area contributed by atoms with E-state index in [1.807, 2.05) is 0 Å². The number of para-hydroxylation sites is 2. The number of rotatable bonds is 3. The Bertz CT molecular complexity index is 3320. The molecule has 1 aliphatic rings. The first-order valence-electron chi connectivity index (χ1n) is 18.8. The van der Waals surface area contributed by atoms with Crippen LogP contribution in [-0.4, -0.2) is 4.57 Å².